The molecule has 12 heteroatoms. The molecule has 0 amide bonds. The minimum absolute atomic E-state index is 0.0631. The molecule has 0 aliphatic carbocycles. The van der Waals surface area contributed by atoms with Crippen molar-refractivity contribution in [2.24, 2.45) is 0 Å². The molecular formula is C10H7Cl2F3N4O2S. The van der Waals surface area contributed by atoms with E-state index < -0.39 is 27.0 Å². The third-order valence-electron chi connectivity index (χ3n) is 2.62. The van der Waals surface area contributed by atoms with Crippen LogP contribution < -0.4 is 5.73 Å². The number of nitrogens with zero attached hydrogens (tertiary/aromatic N) is 3. The summed E-state index contributed by atoms with van der Waals surface area (Å²) in [6, 6.07) is 2.20. The van der Waals surface area contributed by atoms with Crippen molar-refractivity contribution in [2.45, 2.75) is 18.0 Å². The van der Waals surface area contributed by atoms with E-state index in [2.05, 4.69) is 10.1 Å². The Morgan fingerprint density at radius 2 is 1.91 bits per heavy atom. The van der Waals surface area contributed by atoms with Crippen LogP contribution in [0.15, 0.2) is 17.0 Å². The molecule has 6 nitrogen and oxygen atoms in total. The van der Waals surface area contributed by atoms with Gasteiger partial charge in [-0.3, -0.25) is 0 Å². The van der Waals surface area contributed by atoms with Crippen LogP contribution in [-0.2, 0) is 15.2 Å². The van der Waals surface area contributed by atoms with Gasteiger partial charge in [0, 0.05) is 10.7 Å². The number of aromatic nitrogens is 3. The zero-order chi connectivity index (χ0) is 16.9. The van der Waals surface area contributed by atoms with Gasteiger partial charge in [0.2, 0.25) is 5.95 Å². The van der Waals surface area contributed by atoms with Crippen molar-refractivity contribution < 1.29 is 21.6 Å². The van der Waals surface area contributed by atoms with Crippen molar-refractivity contribution in [3.05, 3.63) is 28.5 Å². The van der Waals surface area contributed by atoms with Gasteiger partial charge < -0.3 is 5.73 Å². The molecule has 2 aromatic rings. The normalized spacial score (nSPS) is 12.6. The van der Waals surface area contributed by atoms with Gasteiger partial charge in [0.15, 0.2) is 0 Å². The third-order valence-corrected chi connectivity index (χ3v) is 4.39. The molecule has 0 unspecified atom stereocenters. The first-order valence-corrected chi connectivity index (χ1v) is 8.15. The highest BCUT2D eigenvalue weighted by Gasteiger charge is 2.37. The number of anilines is 1. The van der Waals surface area contributed by atoms with Crippen molar-refractivity contribution in [1.82, 2.24) is 14.8 Å². The molecule has 0 spiro atoms. The van der Waals surface area contributed by atoms with Crippen LogP contribution in [-0.4, -0.2) is 23.2 Å². The van der Waals surface area contributed by atoms with Crippen LogP contribution >= 0.6 is 22.3 Å². The van der Waals surface area contributed by atoms with E-state index in [1.165, 1.54) is 13.0 Å². The molecule has 0 bridgehead atoms. The van der Waals surface area contributed by atoms with Gasteiger partial charge in [0.05, 0.1) is 15.6 Å². The largest absolute Gasteiger partial charge is 0.453 e. The number of hydrogen-bond donors (Lipinski definition) is 1. The Kier molecular flexibility index (Phi) is 4.05. The summed E-state index contributed by atoms with van der Waals surface area (Å²) in [6.07, 6.45) is -4.81. The second kappa shape index (κ2) is 5.28. The van der Waals surface area contributed by atoms with Crippen molar-refractivity contribution >= 4 is 37.3 Å². The summed E-state index contributed by atoms with van der Waals surface area (Å²) in [5.41, 5.74) is 5.42. The molecule has 2 N–H and O–H groups in total. The second-order valence-electron chi connectivity index (χ2n) is 4.21. The summed E-state index contributed by atoms with van der Waals surface area (Å²) >= 11 is 5.92. The van der Waals surface area contributed by atoms with Gasteiger partial charge in [-0.15, -0.1) is 5.10 Å². The summed E-state index contributed by atoms with van der Waals surface area (Å²) in [7, 11) is 1.14. The van der Waals surface area contributed by atoms with E-state index in [1.54, 1.807) is 0 Å². The van der Waals surface area contributed by atoms with Crippen LogP contribution in [0, 0.1) is 6.92 Å². The fourth-order valence-corrected chi connectivity index (χ4v) is 3.18. The Hall–Kier alpha value is -1.52. The SMILES string of the molecule is Cc1cc(Cl)c(-n2nc(C(F)(F)F)nc2N)cc1S(=O)(=O)Cl. The zero-order valence-electron chi connectivity index (χ0n) is 10.7. The Labute approximate surface area is 132 Å². The minimum Gasteiger partial charge on any atom is -0.368 e. The molecule has 0 aliphatic heterocycles. The lowest BCUT2D eigenvalue weighted by atomic mass is 10.2. The number of nitrogen functional groups attached to an aromatic ring is 1. The summed E-state index contributed by atoms with van der Waals surface area (Å²) < 4.78 is 61.3. The van der Waals surface area contributed by atoms with E-state index in [9.17, 15) is 21.6 Å². The van der Waals surface area contributed by atoms with Crippen LogP contribution in [0.25, 0.3) is 5.69 Å². The zero-order valence-corrected chi connectivity index (χ0v) is 13.0. The summed E-state index contributed by atoms with van der Waals surface area (Å²) in [6.45, 7) is 1.43. The van der Waals surface area contributed by atoms with Crippen molar-refractivity contribution in [1.29, 1.82) is 0 Å². The highest BCUT2D eigenvalue weighted by atomic mass is 35.7. The summed E-state index contributed by atoms with van der Waals surface area (Å²) in [5, 5.41) is 3.14. The number of rotatable bonds is 2. The Balaban J connectivity index is 2.71. The first-order valence-electron chi connectivity index (χ1n) is 5.46. The molecule has 0 saturated heterocycles. The van der Waals surface area contributed by atoms with Crippen molar-refractivity contribution in [3.63, 3.8) is 0 Å². The molecule has 0 aliphatic rings. The second-order valence-corrected chi connectivity index (χ2v) is 7.15. The number of alkyl halides is 3. The van der Waals surface area contributed by atoms with Crippen LogP contribution in [0.3, 0.4) is 0 Å². The topological polar surface area (TPSA) is 90.9 Å². The quantitative estimate of drug-likeness (QED) is 0.816. The van der Waals surface area contributed by atoms with Gasteiger partial charge in [-0.2, -0.15) is 22.8 Å². The first-order chi connectivity index (χ1) is 9.91. The lowest BCUT2D eigenvalue weighted by Crippen LogP contribution is -2.09. The molecule has 0 radical (unpaired) electrons. The number of hydrogen-bond acceptors (Lipinski definition) is 5. The molecule has 1 heterocycles. The summed E-state index contributed by atoms with van der Waals surface area (Å²) in [4.78, 5) is 2.76. The average molecular weight is 375 g/mol. The summed E-state index contributed by atoms with van der Waals surface area (Å²) in [5.74, 6) is -2.08. The number of nitrogens with two attached hydrogens (primary N) is 1. The third kappa shape index (κ3) is 3.13. The van der Waals surface area contributed by atoms with Gasteiger partial charge in [0.25, 0.3) is 14.9 Å². The molecule has 120 valence electrons. The maximum Gasteiger partial charge on any atom is 0.453 e. The van der Waals surface area contributed by atoms with Crippen molar-refractivity contribution in [2.75, 3.05) is 5.73 Å². The standard InChI is InChI=1S/C10H7Cl2F3N4O2S/c1-4-2-5(11)6(3-7(4)22(12,20)21)19-9(16)17-8(18-19)10(13,14)15/h2-3H,1H3,(H2,16,17,18). The van der Waals surface area contributed by atoms with Gasteiger partial charge >= 0.3 is 6.18 Å². The predicted octanol–water partition coefficient (Wildman–Crippen LogP) is 2.76. The van der Waals surface area contributed by atoms with Crippen LogP contribution in [0.4, 0.5) is 19.1 Å². The van der Waals surface area contributed by atoms with Gasteiger partial charge in [0.1, 0.15) is 0 Å². The van der Waals surface area contributed by atoms with Crippen molar-refractivity contribution in [3.8, 4) is 5.69 Å². The smallest absolute Gasteiger partial charge is 0.368 e. The Morgan fingerprint density at radius 1 is 1.32 bits per heavy atom. The van der Waals surface area contributed by atoms with E-state index in [4.69, 9.17) is 28.0 Å². The van der Waals surface area contributed by atoms with E-state index >= 15 is 0 Å². The van der Waals surface area contributed by atoms with Crippen LogP contribution in [0.2, 0.25) is 5.02 Å². The molecule has 0 atom stereocenters. The minimum atomic E-state index is -4.81. The Morgan fingerprint density at radius 3 is 2.36 bits per heavy atom. The average Bonchev–Trinajstić information content (AvgIpc) is 2.69. The van der Waals surface area contributed by atoms with E-state index in [0.717, 1.165) is 6.07 Å². The highest BCUT2D eigenvalue weighted by molar-refractivity contribution is 8.13. The van der Waals surface area contributed by atoms with Crippen LogP contribution in [0.1, 0.15) is 11.4 Å². The maximum atomic E-state index is 12.6. The molecular weight excluding hydrogens is 368 g/mol. The predicted molar refractivity (Wildman–Crippen MR) is 73.6 cm³/mol. The molecule has 2 rings (SSSR count). The fraction of sp³-hybridized carbons (Fsp3) is 0.200. The molecule has 22 heavy (non-hydrogen) atoms. The number of benzene rings is 1. The van der Waals surface area contributed by atoms with Gasteiger partial charge in [-0.25, -0.2) is 8.42 Å². The first kappa shape index (κ1) is 16.8. The maximum absolute atomic E-state index is 12.6. The molecule has 0 saturated carbocycles. The van der Waals surface area contributed by atoms with Gasteiger partial charge in [-0.1, -0.05) is 11.6 Å². The van der Waals surface area contributed by atoms with E-state index in [1.807, 2.05) is 0 Å². The lowest BCUT2D eigenvalue weighted by molar-refractivity contribution is -0.144. The van der Waals surface area contributed by atoms with Gasteiger partial charge in [-0.05, 0) is 24.6 Å². The fourth-order valence-electron chi connectivity index (χ4n) is 1.69. The van der Waals surface area contributed by atoms with E-state index in [-0.39, 0.29) is 21.2 Å². The van der Waals surface area contributed by atoms with Crippen LogP contribution in [0.5, 0.6) is 0 Å². The molecule has 0 fully saturated rings. The number of halogens is 5. The lowest BCUT2D eigenvalue weighted by Gasteiger charge is -2.09. The Bertz CT molecular complexity index is 849. The molecule has 1 aromatic heterocycles. The monoisotopic (exact) mass is 374 g/mol. The van der Waals surface area contributed by atoms with E-state index in [0.29, 0.717) is 4.68 Å². The number of aryl methyl sites for hydroxylation is 1. The highest BCUT2D eigenvalue weighted by Crippen LogP contribution is 2.32. The molecule has 1 aromatic carbocycles.